The number of hydrogen-bond donors (Lipinski definition) is 2. The van der Waals surface area contributed by atoms with Crippen molar-refractivity contribution in [3.63, 3.8) is 0 Å². The molecule has 1 aliphatic carbocycles. The molecule has 188 valence electrons. The molecule has 0 saturated heterocycles. The van der Waals surface area contributed by atoms with Crippen molar-refractivity contribution in [1.29, 1.82) is 0 Å². The largest absolute Gasteiger partial charge is 0.468 e. The summed E-state index contributed by atoms with van der Waals surface area (Å²) in [6.45, 7) is 8.51. The number of esters is 1. The Hall–Kier alpha value is -3.10. The third kappa shape index (κ3) is 7.46. The van der Waals surface area contributed by atoms with Crippen LogP contribution in [0, 0.1) is 0 Å². The number of rotatable bonds is 9. The quantitative estimate of drug-likeness (QED) is 0.531. The zero-order valence-electron chi connectivity index (χ0n) is 21.0. The van der Waals surface area contributed by atoms with Crippen molar-refractivity contribution in [3.8, 4) is 0 Å². The number of benzene rings is 1. The number of ether oxygens (including phenoxy) is 2. The maximum atomic E-state index is 13.6. The van der Waals surface area contributed by atoms with Crippen molar-refractivity contribution >= 4 is 23.9 Å². The molecule has 1 aliphatic rings. The van der Waals surface area contributed by atoms with Gasteiger partial charge in [-0.3, -0.25) is 14.4 Å². The molecule has 0 aromatic heterocycles. The van der Waals surface area contributed by atoms with Gasteiger partial charge in [0.2, 0.25) is 11.8 Å². The van der Waals surface area contributed by atoms with Gasteiger partial charge < -0.3 is 25.0 Å². The number of methoxy groups -OCH3 is 1. The second-order valence-electron chi connectivity index (χ2n) is 9.49. The minimum absolute atomic E-state index is 0.157. The third-order valence-corrected chi connectivity index (χ3v) is 5.69. The SMILES string of the molecule is CCc1ccc(C(C(=O)NCC(=O)OC)N(C(=O)C(C)NC(=O)OC(C)(C)C)C2CCC2)cc1. The number of carbonyl (C=O) groups excluding carboxylic acids is 4. The Kier molecular flexibility index (Phi) is 9.46. The predicted molar refractivity (Wildman–Crippen MR) is 127 cm³/mol. The second kappa shape index (κ2) is 11.9. The van der Waals surface area contributed by atoms with Crippen LogP contribution < -0.4 is 10.6 Å². The normalized spacial score (nSPS) is 15.4. The Morgan fingerprint density at radius 2 is 1.74 bits per heavy atom. The Balaban J connectivity index is 2.36. The molecule has 9 nitrogen and oxygen atoms in total. The molecular formula is C25H37N3O6. The monoisotopic (exact) mass is 475 g/mol. The van der Waals surface area contributed by atoms with E-state index in [1.54, 1.807) is 32.6 Å². The van der Waals surface area contributed by atoms with Crippen LogP contribution in [0.2, 0.25) is 0 Å². The highest BCUT2D eigenvalue weighted by Gasteiger charge is 2.41. The maximum Gasteiger partial charge on any atom is 0.408 e. The summed E-state index contributed by atoms with van der Waals surface area (Å²) in [6, 6.07) is 5.45. The van der Waals surface area contributed by atoms with E-state index in [9.17, 15) is 19.2 Å². The van der Waals surface area contributed by atoms with E-state index in [-0.39, 0.29) is 12.6 Å². The number of carbonyl (C=O) groups is 4. The van der Waals surface area contributed by atoms with E-state index in [0.29, 0.717) is 5.56 Å². The Labute approximate surface area is 201 Å². The maximum absolute atomic E-state index is 13.6. The fourth-order valence-corrected chi connectivity index (χ4v) is 3.65. The minimum Gasteiger partial charge on any atom is -0.468 e. The summed E-state index contributed by atoms with van der Waals surface area (Å²) >= 11 is 0. The number of nitrogens with zero attached hydrogens (tertiary/aromatic N) is 1. The van der Waals surface area contributed by atoms with Gasteiger partial charge in [0, 0.05) is 6.04 Å². The molecule has 1 saturated carbocycles. The fraction of sp³-hybridized carbons (Fsp3) is 0.600. The van der Waals surface area contributed by atoms with Crippen LogP contribution in [0.25, 0.3) is 0 Å². The molecule has 0 bridgehead atoms. The molecule has 2 N–H and O–H groups in total. The van der Waals surface area contributed by atoms with E-state index in [1.165, 1.54) is 7.11 Å². The highest BCUT2D eigenvalue weighted by molar-refractivity contribution is 5.93. The molecule has 1 aromatic carbocycles. The molecule has 34 heavy (non-hydrogen) atoms. The number of nitrogens with one attached hydrogen (secondary N) is 2. The van der Waals surface area contributed by atoms with E-state index in [1.807, 2.05) is 31.2 Å². The summed E-state index contributed by atoms with van der Waals surface area (Å²) in [5.41, 5.74) is 1.01. The first kappa shape index (κ1) is 27.1. The van der Waals surface area contributed by atoms with Gasteiger partial charge in [-0.1, -0.05) is 31.2 Å². The highest BCUT2D eigenvalue weighted by Crippen LogP contribution is 2.33. The van der Waals surface area contributed by atoms with Crippen molar-refractivity contribution in [3.05, 3.63) is 35.4 Å². The van der Waals surface area contributed by atoms with Crippen LogP contribution in [-0.2, 0) is 30.3 Å². The smallest absolute Gasteiger partial charge is 0.408 e. The van der Waals surface area contributed by atoms with Gasteiger partial charge in [-0.05, 0) is 64.5 Å². The molecule has 0 heterocycles. The lowest BCUT2D eigenvalue weighted by molar-refractivity contribution is -0.148. The molecule has 2 atom stereocenters. The van der Waals surface area contributed by atoms with Crippen LogP contribution in [0.15, 0.2) is 24.3 Å². The van der Waals surface area contributed by atoms with Gasteiger partial charge in [-0.25, -0.2) is 4.79 Å². The zero-order chi connectivity index (χ0) is 25.5. The predicted octanol–water partition coefficient (Wildman–Crippen LogP) is 2.87. The van der Waals surface area contributed by atoms with Gasteiger partial charge in [0.1, 0.15) is 24.2 Å². The lowest BCUT2D eigenvalue weighted by Crippen LogP contribution is -2.57. The van der Waals surface area contributed by atoms with E-state index in [4.69, 9.17) is 4.74 Å². The molecule has 1 aromatic rings. The van der Waals surface area contributed by atoms with Crippen LogP contribution in [0.4, 0.5) is 4.79 Å². The summed E-state index contributed by atoms with van der Waals surface area (Å²) in [7, 11) is 1.24. The summed E-state index contributed by atoms with van der Waals surface area (Å²) in [6.07, 6.45) is 2.56. The molecular weight excluding hydrogens is 438 g/mol. The first-order chi connectivity index (χ1) is 16.0. The number of hydrogen-bond acceptors (Lipinski definition) is 6. The van der Waals surface area contributed by atoms with Crippen LogP contribution >= 0.6 is 0 Å². The van der Waals surface area contributed by atoms with E-state index >= 15 is 0 Å². The van der Waals surface area contributed by atoms with E-state index < -0.39 is 41.6 Å². The van der Waals surface area contributed by atoms with Crippen LogP contribution in [-0.4, -0.2) is 60.1 Å². The lowest BCUT2D eigenvalue weighted by Gasteiger charge is -2.43. The van der Waals surface area contributed by atoms with E-state index in [2.05, 4.69) is 15.4 Å². The van der Waals surface area contributed by atoms with Crippen molar-refractivity contribution in [2.75, 3.05) is 13.7 Å². The third-order valence-electron chi connectivity index (χ3n) is 5.69. The summed E-state index contributed by atoms with van der Waals surface area (Å²) in [4.78, 5) is 52.4. The van der Waals surface area contributed by atoms with Crippen LogP contribution in [0.3, 0.4) is 0 Å². The summed E-state index contributed by atoms with van der Waals surface area (Å²) in [5, 5.41) is 5.17. The van der Waals surface area contributed by atoms with Crippen molar-refractivity contribution in [2.24, 2.45) is 0 Å². The Morgan fingerprint density at radius 3 is 2.21 bits per heavy atom. The van der Waals surface area contributed by atoms with Crippen molar-refractivity contribution in [1.82, 2.24) is 15.5 Å². The van der Waals surface area contributed by atoms with Gasteiger partial charge in [0.15, 0.2) is 0 Å². The Bertz CT molecular complexity index is 874. The summed E-state index contributed by atoms with van der Waals surface area (Å²) in [5.74, 6) is -1.47. The van der Waals surface area contributed by atoms with E-state index in [0.717, 1.165) is 31.2 Å². The first-order valence-corrected chi connectivity index (χ1v) is 11.7. The highest BCUT2D eigenvalue weighted by atomic mass is 16.6. The molecule has 9 heteroatoms. The standard InChI is InChI=1S/C25H37N3O6/c1-7-17-11-13-18(14-12-17)21(22(30)26-15-20(29)33-6)28(19-9-8-10-19)23(31)16(2)27-24(32)34-25(3,4)5/h11-14,16,19,21H,7-10,15H2,1-6H3,(H,26,30)(H,27,32). The average Bonchev–Trinajstić information content (AvgIpc) is 2.74. The van der Waals surface area contributed by atoms with Crippen molar-refractivity contribution < 1.29 is 28.7 Å². The van der Waals surface area contributed by atoms with Crippen LogP contribution in [0.1, 0.15) is 71.0 Å². The van der Waals surface area contributed by atoms with Gasteiger partial charge in [-0.15, -0.1) is 0 Å². The molecule has 0 spiro atoms. The number of aryl methyl sites for hydroxylation is 1. The van der Waals surface area contributed by atoms with Gasteiger partial charge in [-0.2, -0.15) is 0 Å². The topological polar surface area (TPSA) is 114 Å². The lowest BCUT2D eigenvalue weighted by atomic mass is 9.88. The van der Waals surface area contributed by atoms with Gasteiger partial charge in [0.05, 0.1) is 7.11 Å². The van der Waals surface area contributed by atoms with Gasteiger partial charge in [0.25, 0.3) is 0 Å². The van der Waals surface area contributed by atoms with Crippen LogP contribution in [0.5, 0.6) is 0 Å². The minimum atomic E-state index is -0.962. The molecule has 0 radical (unpaired) electrons. The molecule has 2 rings (SSSR count). The Morgan fingerprint density at radius 1 is 1.12 bits per heavy atom. The summed E-state index contributed by atoms with van der Waals surface area (Å²) < 4.78 is 9.91. The fourth-order valence-electron chi connectivity index (χ4n) is 3.65. The average molecular weight is 476 g/mol. The van der Waals surface area contributed by atoms with Crippen molar-refractivity contribution in [2.45, 2.75) is 84.0 Å². The molecule has 3 amide bonds. The molecule has 2 unspecified atom stereocenters. The second-order valence-corrected chi connectivity index (χ2v) is 9.49. The molecule has 1 fully saturated rings. The van der Waals surface area contributed by atoms with Gasteiger partial charge >= 0.3 is 12.1 Å². The number of amides is 3. The number of alkyl carbamates (subject to hydrolysis) is 1. The zero-order valence-corrected chi connectivity index (χ0v) is 21.0. The first-order valence-electron chi connectivity index (χ1n) is 11.7. The molecule has 0 aliphatic heterocycles.